The molecular weight excluding hydrogens is 138 g/mol. The standard InChI is InChI=1S/C9H14NO/c11-7-8-6-9(8)10-4-2-1-3-5-10/h2,7-9H,1,3-6H2. The largest absolute Gasteiger partial charge is 0.303 e. The highest BCUT2D eigenvalue weighted by atomic mass is 16.1. The minimum absolute atomic E-state index is 0.362. The van der Waals surface area contributed by atoms with Crippen molar-refractivity contribution < 1.29 is 4.79 Å². The van der Waals surface area contributed by atoms with Crippen LogP contribution in [0.3, 0.4) is 0 Å². The summed E-state index contributed by atoms with van der Waals surface area (Å²) in [4.78, 5) is 12.8. The molecule has 2 heteroatoms. The molecule has 2 nitrogen and oxygen atoms in total. The van der Waals surface area contributed by atoms with Gasteiger partial charge in [-0.3, -0.25) is 4.90 Å². The van der Waals surface area contributed by atoms with Gasteiger partial charge in [-0.25, -0.2) is 0 Å². The molecule has 11 heavy (non-hydrogen) atoms. The Balaban J connectivity index is 1.81. The van der Waals surface area contributed by atoms with Crippen molar-refractivity contribution in [3.05, 3.63) is 6.42 Å². The first-order valence-electron chi connectivity index (χ1n) is 4.43. The Morgan fingerprint density at radius 2 is 2.45 bits per heavy atom. The SMILES string of the molecule is O=CC1CC1N1C[CH]CCC1. The lowest BCUT2D eigenvalue weighted by molar-refractivity contribution is -0.109. The second kappa shape index (κ2) is 2.94. The van der Waals surface area contributed by atoms with Gasteiger partial charge in [0, 0.05) is 18.5 Å². The number of aldehydes is 1. The van der Waals surface area contributed by atoms with Crippen molar-refractivity contribution in [1.29, 1.82) is 0 Å². The fourth-order valence-corrected chi connectivity index (χ4v) is 1.85. The van der Waals surface area contributed by atoms with Gasteiger partial charge in [0.25, 0.3) is 0 Å². The van der Waals surface area contributed by atoms with Gasteiger partial charge < -0.3 is 4.79 Å². The number of hydrogen-bond donors (Lipinski definition) is 0. The molecule has 61 valence electrons. The van der Waals surface area contributed by atoms with Gasteiger partial charge >= 0.3 is 0 Å². The molecule has 0 aromatic rings. The van der Waals surface area contributed by atoms with Crippen LogP contribution in [0.4, 0.5) is 0 Å². The van der Waals surface area contributed by atoms with E-state index in [1.54, 1.807) is 0 Å². The summed E-state index contributed by atoms with van der Waals surface area (Å²) in [7, 11) is 0. The lowest BCUT2D eigenvalue weighted by Gasteiger charge is -2.26. The second-order valence-corrected chi connectivity index (χ2v) is 3.53. The number of piperidine rings is 1. The van der Waals surface area contributed by atoms with Gasteiger partial charge in [-0.15, -0.1) is 0 Å². The van der Waals surface area contributed by atoms with Crippen LogP contribution in [0.2, 0.25) is 0 Å². The first-order valence-corrected chi connectivity index (χ1v) is 4.43. The quantitative estimate of drug-likeness (QED) is 0.547. The number of carbonyl (C=O) groups is 1. The van der Waals surface area contributed by atoms with Crippen molar-refractivity contribution in [3.8, 4) is 0 Å². The van der Waals surface area contributed by atoms with E-state index < -0.39 is 0 Å². The summed E-state index contributed by atoms with van der Waals surface area (Å²) in [6.07, 6.45) is 7.08. The van der Waals surface area contributed by atoms with Gasteiger partial charge in [0.1, 0.15) is 6.29 Å². The molecule has 1 heterocycles. The van der Waals surface area contributed by atoms with Crippen molar-refractivity contribution in [2.75, 3.05) is 13.1 Å². The van der Waals surface area contributed by atoms with Crippen molar-refractivity contribution in [2.45, 2.75) is 25.3 Å². The van der Waals surface area contributed by atoms with Crippen molar-refractivity contribution in [2.24, 2.45) is 5.92 Å². The summed E-state index contributed by atoms with van der Waals surface area (Å²) in [5.74, 6) is 0.362. The summed E-state index contributed by atoms with van der Waals surface area (Å²) in [6.45, 7) is 2.31. The van der Waals surface area contributed by atoms with Crippen molar-refractivity contribution in [3.63, 3.8) is 0 Å². The van der Waals surface area contributed by atoms with Crippen molar-refractivity contribution >= 4 is 6.29 Å². The van der Waals surface area contributed by atoms with Crippen LogP contribution in [0.1, 0.15) is 19.3 Å². The zero-order valence-electron chi connectivity index (χ0n) is 6.70. The Labute approximate surface area is 67.6 Å². The van der Waals surface area contributed by atoms with Crippen LogP contribution in [0.25, 0.3) is 0 Å². The number of rotatable bonds is 2. The van der Waals surface area contributed by atoms with E-state index in [-0.39, 0.29) is 0 Å². The number of nitrogens with zero attached hydrogens (tertiary/aromatic N) is 1. The molecule has 2 atom stereocenters. The highest BCUT2D eigenvalue weighted by Crippen LogP contribution is 2.34. The number of likely N-dealkylation sites (tertiary alicyclic amines) is 1. The third kappa shape index (κ3) is 1.45. The first-order chi connectivity index (χ1) is 5.42. The average Bonchev–Trinajstić information content (AvgIpc) is 2.85. The highest BCUT2D eigenvalue weighted by Gasteiger charge is 2.41. The molecule has 0 amide bonds. The maximum atomic E-state index is 10.4. The average molecular weight is 152 g/mol. The monoisotopic (exact) mass is 152 g/mol. The summed E-state index contributed by atoms with van der Waals surface area (Å²) in [5, 5.41) is 0. The molecule has 2 aliphatic rings. The van der Waals surface area contributed by atoms with E-state index in [9.17, 15) is 4.79 Å². The normalized spacial score (nSPS) is 38.5. The molecule has 0 spiro atoms. The lowest BCUT2D eigenvalue weighted by atomic mass is 10.1. The highest BCUT2D eigenvalue weighted by molar-refractivity contribution is 5.59. The summed E-state index contributed by atoms with van der Waals surface area (Å²) in [6, 6.07) is 0.601. The van der Waals surface area contributed by atoms with Gasteiger partial charge in [-0.05, 0) is 32.2 Å². The van der Waals surface area contributed by atoms with Crippen LogP contribution >= 0.6 is 0 Å². The van der Waals surface area contributed by atoms with E-state index in [0.717, 1.165) is 19.3 Å². The number of hydrogen-bond acceptors (Lipinski definition) is 2. The smallest absolute Gasteiger partial charge is 0.124 e. The van der Waals surface area contributed by atoms with E-state index in [1.807, 2.05) is 0 Å². The predicted octanol–water partition coefficient (Wildman–Crippen LogP) is 0.874. The van der Waals surface area contributed by atoms with Gasteiger partial charge in [0.2, 0.25) is 0 Å². The Morgan fingerprint density at radius 1 is 1.55 bits per heavy atom. The Hall–Kier alpha value is -0.370. The van der Waals surface area contributed by atoms with Crippen LogP contribution in [-0.4, -0.2) is 30.3 Å². The van der Waals surface area contributed by atoms with Crippen LogP contribution in [-0.2, 0) is 4.79 Å². The molecule has 1 saturated heterocycles. The zero-order chi connectivity index (χ0) is 7.68. The molecule has 0 aromatic heterocycles. The molecule has 0 N–H and O–H groups in total. The van der Waals surface area contributed by atoms with Crippen LogP contribution < -0.4 is 0 Å². The third-order valence-electron chi connectivity index (χ3n) is 2.67. The van der Waals surface area contributed by atoms with Crippen molar-refractivity contribution in [1.82, 2.24) is 4.90 Å². The minimum atomic E-state index is 0.362. The number of carbonyl (C=O) groups excluding carboxylic acids is 1. The molecule has 1 saturated carbocycles. The zero-order valence-corrected chi connectivity index (χ0v) is 6.70. The molecule has 0 bridgehead atoms. The predicted molar refractivity (Wildman–Crippen MR) is 43.1 cm³/mol. The molecular formula is C9H14NO. The maximum Gasteiger partial charge on any atom is 0.124 e. The van der Waals surface area contributed by atoms with Crippen LogP contribution in [0.15, 0.2) is 0 Å². The molecule has 1 radical (unpaired) electrons. The van der Waals surface area contributed by atoms with Gasteiger partial charge in [0.15, 0.2) is 0 Å². The maximum absolute atomic E-state index is 10.4. The second-order valence-electron chi connectivity index (χ2n) is 3.53. The van der Waals surface area contributed by atoms with E-state index in [2.05, 4.69) is 11.3 Å². The van der Waals surface area contributed by atoms with Gasteiger partial charge in [-0.1, -0.05) is 0 Å². The minimum Gasteiger partial charge on any atom is -0.303 e. The van der Waals surface area contributed by atoms with E-state index in [0.29, 0.717) is 12.0 Å². The first kappa shape index (κ1) is 7.29. The molecule has 2 unspecified atom stereocenters. The van der Waals surface area contributed by atoms with E-state index in [1.165, 1.54) is 19.4 Å². The van der Waals surface area contributed by atoms with Crippen LogP contribution in [0.5, 0.6) is 0 Å². The molecule has 1 aliphatic carbocycles. The molecule has 2 fully saturated rings. The Morgan fingerprint density at radius 3 is 3.00 bits per heavy atom. The summed E-state index contributed by atoms with van der Waals surface area (Å²) < 4.78 is 0. The fraction of sp³-hybridized carbons (Fsp3) is 0.778. The summed E-state index contributed by atoms with van der Waals surface area (Å²) >= 11 is 0. The topological polar surface area (TPSA) is 20.3 Å². The molecule has 0 aromatic carbocycles. The van der Waals surface area contributed by atoms with Gasteiger partial charge in [-0.2, -0.15) is 0 Å². The lowest BCUT2D eigenvalue weighted by Crippen LogP contribution is -2.33. The molecule has 2 rings (SSSR count). The van der Waals surface area contributed by atoms with Gasteiger partial charge in [0.05, 0.1) is 0 Å². The molecule has 1 aliphatic heterocycles. The van der Waals surface area contributed by atoms with E-state index >= 15 is 0 Å². The Bertz CT molecular complexity index is 152. The van der Waals surface area contributed by atoms with Crippen LogP contribution in [0, 0.1) is 12.3 Å². The van der Waals surface area contributed by atoms with E-state index in [4.69, 9.17) is 0 Å². The third-order valence-corrected chi connectivity index (χ3v) is 2.67. The Kier molecular flexibility index (Phi) is 1.95. The fourth-order valence-electron chi connectivity index (χ4n) is 1.85. The summed E-state index contributed by atoms with van der Waals surface area (Å²) in [5.41, 5.74) is 0.